The molecule has 2 aromatic rings. The number of hydrogen-bond acceptors (Lipinski definition) is 7. The number of nitrogens with zero attached hydrogens (tertiary/aromatic N) is 6. The van der Waals surface area contributed by atoms with E-state index in [2.05, 4.69) is 24.8 Å². The van der Waals surface area contributed by atoms with E-state index < -0.39 is 0 Å². The molecule has 0 aromatic carbocycles. The molecule has 0 radical (unpaired) electrons. The highest BCUT2D eigenvalue weighted by molar-refractivity contribution is 5.61. The van der Waals surface area contributed by atoms with Crippen molar-refractivity contribution in [3.8, 4) is 0 Å². The van der Waals surface area contributed by atoms with E-state index in [1.54, 1.807) is 18.6 Å². The zero-order chi connectivity index (χ0) is 15.5. The minimum Gasteiger partial charge on any atom is -0.368 e. The SMILES string of the molecule is CN(C)c1nccnc1N1CCC(c2ccnc(N)n2)CC1. The Hall–Kier alpha value is -2.44. The predicted octanol–water partition coefficient (Wildman–Crippen LogP) is 1.30. The highest BCUT2D eigenvalue weighted by atomic mass is 15.3. The fraction of sp³-hybridized carbons (Fsp3) is 0.467. The highest BCUT2D eigenvalue weighted by Gasteiger charge is 2.24. The number of hydrogen-bond donors (Lipinski definition) is 1. The number of rotatable bonds is 3. The molecule has 1 aliphatic rings. The number of anilines is 3. The molecule has 1 aliphatic heterocycles. The highest BCUT2D eigenvalue weighted by Crippen LogP contribution is 2.31. The molecule has 0 bridgehead atoms. The van der Waals surface area contributed by atoms with Gasteiger partial charge in [-0.2, -0.15) is 0 Å². The molecular weight excluding hydrogens is 278 g/mol. The molecule has 0 spiro atoms. The van der Waals surface area contributed by atoms with E-state index in [-0.39, 0.29) is 0 Å². The summed E-state index contributed by atoms with van der Waals surface area (Å²) in [6.07, 6.45) is 7.27. The van der Waals surface area contributed by atoms with Crippen molar-refractivity contribution in [1.29, 1.82) is 0 Å². The van der Waals surface area contributed by atoms with Gasteiger partial charge in [0.25, 0.3) is 0 Å². The van der Waals surface area contributed by atoms with Crippen LogP contribution in [0.2, 0.25) is 0 Å². The van der Waals surface area contributed by atoms with Gasteiger partial charge in [0, 0.05) is 57.4 Å². The zero-order valence-electron chi connectivity index (χ0n) is 13.0. The number of aromatic nitrogens is 4. The number of piperidine rings is 1. The summed E-state index contributed by atoms with van der Waals surface area (Å²) < 4.78 is 0. The predicted molar refractivity (Wildman–Crippen MR) is 87.0 cm³/mol. The fourth-order valence-electron chi connectivity index (χ4n) is 2.86. The second kappa shape index (κ2) is 6.13. The Kier molecular flexibility index (Phi) is 4.04. The zero-order valence-corrected chi connectivity index (χ0v) is 13.0. The van der Waals surface area contributed by atoms with Crippen molar-refractivity contribution < 1.29 is 0 Å². The van der Waals surface area contributed by atoms with Gasteiger partial charge in [-0.15, -0.1) is 0 Å². The van der Waals surface area contributed by atoms with Crippen LogP contribution in [0, 0.1) is 0 Å². The first-order valence-electron chi connectivity index (χ1n) is 7.47. The third-order valence-corrected chi connectivity index (χ3v) is 3.99. The molecule has 1 fully saturated rings. The van der Waals surface area contributed by atoms with E-state index in [4.69, 9.17) is 5.73 Å². The van der Waals surface area contributed by atoms with Gasteiger partial charge in [0.1, 0.15) is 0 Å². The van der Waals surface area contributed by atoms with Gasteiger partial charge in [-0.25, -0.2) is 19.9 Å². The lowest BCUT2D eigenvalue weighted by Crippen LogP contribution is -2.35. The first-order valence-corrected chi connectivity index (χ1v) is 7.47. The summed E-state index contributed by atoms with van der Waals surface area (Å²) in [5.41, 5.74) is 6.72. The number of nitrogen functional groups attached to an aromatic ring is 1. The standard InChI is InChI=1S/C15H21N7/c1-21(2)13-14(18-8-7-17-13)22-9-4-11(5-10-22)12-3-6-19-15(16)20-12/h3,6-8,11H,4-5,9-10H2,1-2H3,(H2,16,19,20). The van der Waals surface area contributed by atoms with Gasteiger partial charge in [-0.05, 0) is 18.9 Å². The lowest BCUT2D eigenvalue weighted by molar-refractivity contribution is 0.493. The van der Waals surface area contributed by atoms with Gasteiger partial charge >= 0.3 is 0 Å². The largest absolute Gasteiger partial charge is 0.368 e. The molecule has 0 atom stereocenters. The van der Waals surface area contributed by atoms with Gasteiger partial charge in [-0.1, -0.05) is 0 Å². The first-order chi connectivity index (χ1) is 10.6. The van der Waals surface area contributed by atoms with Crippen LogP contribution in [0.15, 0.2) is 24.7 Å². The second-order valence-corrected chi connectivity index (χ2v) is 5.70. The smallest absolute Gasteiger partial charge is 0.220 e. The van der Waals surface area contributed by atoms with E-state index in [0.29, 0.717) is 11.9 Å². The van der Waals surface area contributed by atoms with Gasteiger partial charge in [-0.3, -0.25) is 0 Å². The Bertz CT molecular complexity index is 635. The van der Waals surface area contributed by atoms with Crippen LogP contribution in [0.25, 0.3) is 0 Å². The Morgan fingerprint density at radius 1 is 1.09 bits per heavy atom. The summed E-state index contributed by atoms with van der Waals surface area (Å²) in [5.74, 6) is 2.64. The van der Waals surface area contributed by atoms with E-state index in [1.165, 1.54) is 0 Å². The minimum absolute atomic E-state index is 0.351. The van der Waals surface area contributed by atoms with Crippen LogP contribution >= 0.6 is 0 Å². The first kappa shape index (κ1) is 14.5. The number of nitrogens with two attached hydrogens (primary N) is 1. The summed E-state index contributed by atoms with van der Waals surface area (Å²) in [4.78, 5) is 21.5. The Balaban J connectivity index is 1.72. The van der Waals surface area contributed by atoms with Gasteiger partial charge in [0.2, 0.25) is 5.95 Å². The molecule has 7 heteroatoms. The van der Waals surface area contributed by atoms with E-state index >= 15 is 0 Å². The molecule has 0 amide bonds. The molecule has 0 saturated carbocycles. The van der Waals surface area contributed by atoms with Crippen LogP contribution in [0.4, 0.5) is 17.6 Å². The van der Waals surface area contributed by atoms with Crippen molar-refractivity contribution in [2.24, 2.45) is 0 Å². The quantitative estimate of drug-likeness (QED) is 0.914. The molecule has 1 saturated heterocycles. The van der Waals surface area contributed by atoms with E-state index in [1.807, 2.05) is 25.1 Å². The van der Waals surface area contributed by atoms with Crippen LogP contribution < -0.4 is 15.5 Å². The fourth-order valence-corrected chi connectivity index (χ4v) is 2.86. The maximum Gasteiger partial charge on any atom is 0.220 e. The molecular formula is C15H21N7. The Labute approximate surface area is 130 Å². The molecule has 2 aromatic heterocycles. The van der Waals surface area contributed by atoms with Gasteiger partial charge in [0.15, 0.2) is 11.6 Å². The maximum atomic E-state index is 5.68. The van der Waals surface area contributed by atoms with Crippen LogP contribution in [0.1, 0.15) is 24.5 Å². The molecule has 0 aliphatic carbocycles. The Morgan fingerprint density at radius 2 is 1.82 bits per heavy atom. The van der Waals surface area contributed by atoms with Crippen molar-refractivity contribution in [3.05, 3.63) is 30.4 Å². The van der Waals surface area contributed by atoms with Crippen molar-refractivity contribution >= 4 is 17.6 Å². The lowest BCUT2D eigenvalue weighted by atomic mass is 9.93. The summed E-state index contributed by atoms with van der Waals surface area (Å²) >= 11 is 0. The molecule has 2 N–H and O–H groups in total. The van der Waals surface area contributed by atoms with Crippen LogP contribution in [-0.4, -0.2) is 47.1 Å². The average Bonchev–Trinajstić information content (AvgIpc) is 2.55. The average molecular weight is 299 g/mol. The Morgan fingerprint density at radius 3 is 2.50 bits per heavy atom. The lowest BCUT2D eigenvalue weighted by Gasteiger charge is -2.33. The van der Waals surface area contributed by atoms with Crippen LogP contribution in [-0.2, 0) is 0 Å². The second-order valence-electron chi connectivity index (χ2n) is 5.70. The molecule has 22 heavy (non-hydrogen) atoms. The van der Waals surface area contributed by atoms with Crippen LogP contribution in [0.3, 0.4) is 0 Å². The molecule has 7 nitrogen and oxygen atoms in total. The van der Waals surface area contributed by atoms with Crippen molar-refractivity contribution in [2.75, 3.05) is 42.7 Å². The summed E-state index contributed by atoms with van der Waals surface area (Å²) in [7, 11) is 3.98. The van der Waals surface area contributed by atoms with Gasteiger partial charge in [0.05, 0.1) is 0 Å². The monoisotopic (exact) mass is 299 g/mol. The minimum atomic E-state index is 0.351. The van der Waals surface area contributed by atoms with E-state index in [0.717, 1.165) is 43.3 Å². The molecule has 3 rings (SSSR count). The molecule has 116 valence electrons. The molecule has 3 heterocycles. The molecule has 0 unspecified atom stereocenters. The normalized spacial score (nSPS) is 15.8. The van der Waals surface area contributed by atoms with E-state index in [9.17, 15) is 0 Å². The van der Waals surface area contributed by atoms with Crippen molar-refractivity contribution in [3.63, 3.8) is 0 Å². The topological polar surface area (TPSA) is 84.1 Å². The van der Waals surface area contributed by atoms with Crippen molar-refractivity contribution in [2.45, 2.75) is 18.8 Å². The maximum absolute atomic E-state index is 5.68. The third kappa shape index (κ3) is 2.93. The summed E-state index contributed by atoms with van der Waals surface area (Å²) in [6, 6.07) is 1.96. The van der Waals surface area contributed by atoms with Crippen LogP contribution in [0.5, 0.6) is 0 Å². The summed E-state index contributed by atoms with van der Waals surface area (Å²) in [6.45, 7) is 1.88. The van der Waals surface area contributed by atoms with Gasteiger partial charge < -0.3 is 15.5 Å². The van der Waals surface area contributed by atoms with Crippen molar-refractivity contribution in [1.82, 2.24) is 19.9 Å². The third-order valence-electron chi connectivity index (χ3n) is 3.99. The summed E-state index contributed by atoms with van der Waals surface area (Å²) in [5, 5.41) is 0.